The molecular formula is C14H25N. The van der Waals surface area contributed by atoms with Crippen LogP contribution >= 0.6 is 0 Å². The molecule has 15 heavy (non-hydrogen) atoms. The van der Waals surface area contributed by atoms with Crippen LogP contribution in [0.25, 0.3) is 0 Å². The van der Waals surface area contributed by atoms with Crippen molar-refractivity contribution in [3.8, 4) is 0 Å². The Hall–Kier alpha value is -0.300. The average Bonchev–Trinajstić information content (AvgIpc) is 2.68. The van der Waals surface area contributed by atoms with Crippen molar-refractivity contribution >= 4 is 0 Å². The minimum atomic E-state index is 0.797. The number of hydrogen-bond donors (Lipinski definition) is 1. The van der Waals surface area contributed by atoms with Crippen LogP contribution in [0.15, 0.2) is 12.7 Å². The van der Waals surface area contributed by atoms with E-state index in [2.05, 4.69) is 18.0 Å². The zero-order valence-corrected chi connectivity index (χ0v) is 9.88. The van der Waals surface area contributed by atoms with Gasteiger partial charge in [0.1, 0.15) is 0 Å². The summed E-state index contributed by atoms with van der Waals surface area (Å²) < 4.78 is 0. The molecule has 2 saturated carbocycles. The molecule has 0 bridgehead atoms. The van der Waals surface area contributed by atoms with Gasteiger partial charge in [-0.05, 0) is 38.0 Å². The maximum absolute atomic E-state index is 3.90. The highest BCUT2D eigenvalue weighted by atomic mass is 15.0. The number of rotatable bonds is 4. The Morgan fingerprint density at radius 2 is 1.80 bits per heavy atom. The van der Waals surface area contributed by atoms with Crippen LogP contribution < -0.4 is 5.32 Å². The van der Waals surface area contributed by atoms with Crippen LogP contribution in [0.5, 0.6) is 0 Å². The Balaban J connectivity index is 1.78. The Bertz CT molecular complexity index is 194. The van der Waals surface area contributed by atoms with Crippen LogP contribution in [0.3, 0.4) is 0 Å². The van der Waals surface area contributed by atoms with Gasteiger partial charge in [0.25, 0.3) is 0 Å². The lowest BCUT2D eigenvalue weighted by Crippen LogP contribution is -2.41. The van der Waals surface area contributed by atoms with Crippen LogP contribution in [-0.2, 0) is 0 Å². The highest BCUT2D eigenvalue weighted by Gasteiger charge is 2.28. The largest absolute Gasteiger partial charge is 0.311 e. The van der Waals surface area contributed by atoms with E-state index in [4.69, 9.17) is 0 Å². The first kappa shape index (κ1) is 11.2. The van der Waals surface area contributed by atoms with E-state index >= 15 is 0 Å². The van der Waals surface area contributed by atoms with E-state index in [1.807, 2.05) is 0 Å². The maximum atomic E-state index is 3.90. The molecule has 86 valence electrons. The third-order valence-corrected chi connectivity index (χ3v) is 4.18. The van der Waals surface area contributed by atoms with Crippen molar-refractivity contribution < 1.29 is 0 Å². The lowest BCUT2D eigenvalue weighted by Gasteiger charge is -2.29. The third kappa shape index (κ3) is 3.07. The summed E-state index contributed by atoms with van der Waals surface area (Å²) in [5.41, 5.74) is 0. The molecule has 0 radical (unpaired) electrons. The van der Waals surface area contributed by atoms with E-state index in [9.17, 15) is 0 Å². The topological polar surface area (TPSA) is 12.0 Å². The van der Waals surface area contributed by atoms with Gasteiger partial charge >= 0.3 is 0 Å². The molecule has 2 fully saturated rings. The minimum Gasteiger partial charge on any atom is -0.311 e. The molecule has 2 rings (SSSR count). The molecule has 0 aliphatic heterocycles. The van der Waals surface area contributed by atoms with Crippen molar-refractivity contribution in [1.29, 1.82) is 0 Å². The fraction of sp³-hybridized carbons (Fsp3) is 0.857. The van der Waals surface area contributed by atoms with Crippen molar-refractivity contribution in [2.75, 3.05) is 0 Å². The SMILES string of the molecule is C=CC[C@@H]1CCC[C@@H]1NC1CCCCC1. The van der Waals surface area contributed by atoms with Gasteiger partial charge < -0.3 is 5.32 Å². The van der Waals surface area contributed by atoms with Gasteiger partial charge in [-0.15, -0.1) is 6.58 Å². The van der Waals surface area contributed by atoms with Gasteiger partial charge in [0.2, 0.25) is 0 Å². The van der Waals surface area contributed by atoms with Crippen molar-refractivity contribution in [2.24, 2.45) is 5.92 Å². The molecule has 1 heteroatoms. The summed E-state index contributed by atoms with van der Waals surface area (Å²) in [4.78, 5) is 0. The van der Waals surface area contributed by atoms with Crippen LogP contribution in [0.4, 0.5) is 0 Å². The van der Waals surface area contributed by atoms with Crippen molar-refractivity contribution in [1.82, 2.24) is 5.32 Å². The predicted octanol–water partition coefficient (Wildman–Crippen LogP) is 3.65. The molecule has 0 aromatic heterocycles. The van der Waals surface area contributed by atoms with Gasteiger partial charge in [0.05, 0.1) is 0 Å². The third-order valence-electron chi connectivity index (χ3n) is 4.18. The van der Waals surface area contributed by atoms with E-state index in [-0.39, 0.29) is 0 Å². The summed E-state index contributed by atoms with van der Waals surface area (Å²) in [5.74, 6) is 0.879. The van der Waals surface area contributed by atoms with Gasteiger partial charge in [-0.25, -0.2) is 0 Å². The summed E-state index contributed by atoms with van der Waals surface area (Å²) in [7, 11) is 0. The zero-order valence-electron chi connectivity index (χ0n) is 9.88. The lowest BCUT2D eigenvalue weighted by molar-refractivity contribution is 0.301. The van der Waals surface area contributed by atoms with Crippen molar-refractivity contribution in [3.05, 3.63) is 12.7 Å². The van der Waals surface area contributed by atoms with Crippen LogP contribution in [0.1, 0.15) is 57.8 Å². The van der Waals surface area contributed by atoms with Gasteiger partial charge in [0.15, 0.2) is 0 Å². The summed E-state index contributed by atoms with van der Waals surface area (Å²) in [6.07, 6.45) is 14.7. The molecule has 0 amide bonds. The molecule has 0 heterocycles. The fourth-order valence-electron chi connectivity index (χ4n) is 3.32. The van der Waals surface area contributed by atoms with E-state index < -0.39 is 0 Å². The number of nitrogens with one attached hydrogen (secondary N) is 1. The van der Waals surface area contributed by atoms with Gasteiger partial charge in [-0.1, -0.05) is 31.8 Å². The van der Waals surface area contributed by atoms with Gasteiger partial charge in [0, 0.05) is 12.1 Å². The Kier molecular flexibility index (Phi) is 4.25. The molecule has 0 aromatic carbocycles. The molecule has 1 nitrogen and oxygen atoms in total. The van der Waals surface area contributed by atoms with Crippen LogP contribution in [0.2, 0.25) is 0 Å². The molecular weight excluding hydrogens is 182 g/mol. The monoisotopic (exact) mass is 207 g/mol. The Labute approximate surface area is 94.3 Å². The summed E-state index contributed by atoms with van der Waals surface area (Å²) in [6, 6.07) is 1.63. The number of allylic oxidation sites excluding steroid dienone is 1. The van der Waals surface area contributed by atoms with Crippen molar-refractivity contribution in [3.63, 3.8) is 0 Å². The first-order chi connectivity index (χ1) is 7.40. The van der Waals surface area contributed by atoms with Gasteiger partial charge in [-0.3, -0.25) is 0 Å². The fourth-order valence-corrected chi connectivity index (χ4v) is 3.32. The first-order valence-electron chi connectivity index (χ1n) is 6.77. The standard InChI is InChI=1S/C14H25N/c1-2-7-12-8-6-11-14(12)15-13-9-4-3-5-10-13/h2,12-15H,1,3-11H2/t12-,14+/m1/s1. The quantitative estimate of drug-likeness (QED) is 0.694. The molecule has 0 spiro atoms. The van der Waals surface area contributed by atoms with E-state index in [0.29, 0.717) is 0 Å². The molecule has 1 N–H and O–H groups in total. The minimum absolute atomic E-state index is 0.797. The average molecular weight is 207 g/mol. The molecule has 2 aliphatic rings. The Morgan fingerprint density at radius 3 is 2.53 bits per heavy atom. The smallest absolute Gasteiger partial charge is 0.0101 e. The second-order valence-electron chi connectivity index (χ2n) is 5.32. The number of hydrogen-bond acceptors (Lipinski definition) is 1. The maximum Gasteiger partial charge on any atom is 0.0101 e. The van der Waals surface area contributed by atoms with Gasteiger partial charge in [-0.2, -0.15) is 0 Å². The van der Waals surface area contributed by atoms with E-state index in [0.717, 1.165) is 18.0 Å². The van der Waals surface area contributed by atoms with Crippen LogP contribution in [0, 0.1) is 5.92 Å². The highest BCUT2D eigenvalue weighted by Crippen LogP contribution is 2.30. The predicted molar refractivity (Wildman–Crippen MR) is 66.0 cm³/mol. The van der Waals surface area contributed by atoms with Crippen LogP contribution in [-0.4, -0.2) is 12.1 Å². The normalized spacial score (nSPS) is 33.1. The molecule has 0 aromatic rings. The Morgan fingerprint density at radius 1 is 1.00 bits per heavy atom. The second-order valence-corrected chi connectivity index (χ2v) is 5.32. The second kappa shape index (κ2) is 5.69. The van der Waals surface area contributed by atoms with Crippen molar-refractivity contribution in [2.45, 2.75) is 69.9 Å². The summed E-state index contributed by atoms with van der Waals surface area (Å²) >= 11 is 0. The molecule has 2 aliphatic carbocycles. The highest BCUT2D eigenvalue weighted by molar-refractivity contribution is 4.89. The summed E-state index contributed by atoms with van der Waals surface area (Å²) in [5, 5.41) is 3.90. The van der Waals surface area contributed by atoms with E-state index in [1.54, 1.807) is 0 Å². The van der Waals surface area contributed by atoms with E-state index in [1.165, 1.54) is 57.8 Å². The lowest BCUT2D eigenvalue weighted by atomic mass is 9.92. The zero-order chi connectivity index (χ0) is 10.5. The molecule has 2 atom stereocenters. The molecule has 0 unspecified atom stereocenters. The first-order valence-corrected chi connectivity index (χ1v) is 6.77. The molecule has 0 saturated heterocycles. The summed E-state index contributed by atoms with van der Waals surface area (Å²) in [6.45, 7) is 3.88.